The van der Waals surface area contributed by atoms with Gasteiger partial charge in [0, 0.05) is 26.1 Å². The highest BCUT2D eigenvalue weighted by molar-refractivity contribution is 7.22. The SMILES string of the molecule is CCOc1ccc2nc(N3CC(C(=O)N4CCc5ccccc5C4)CC3=O)sc2c1. The van der Waals surface area contributed by atoms with Crippen LogP contribution >= 0.6 is 11.3 Å². The van der Waals surface area contributed by atoms with Gasteiger partial charge in [0.1, 0.15) is 5.75 Å². The number of hydrogen-bond donors (Lipinski definition) is 0. The summed E-state index contributed by atoms with van der Waals surface area (Å²) in [6.45, 7) is 4.28. The lowest BCUT2D eigenvalue weighted by Crippen LogP contribution is -2.40. The largest absolute Gasteiger partial charge is 0.494 e. The van der Waals surface area contributed by atoms with Gasteiger partial charge in [0.2, 0.25) is 11.8 Å². The maximum atomic E-state index is 13.1. The minimum atomic E-state index is -0.311. The number of benzene rings is 2. The van der Waals surface area contributed by atoms with Gasteiger partial charge in [0.25, 0.3) is 0 Å². The van der Waals surface area contributed by atoms with Crippen LogP contribution in [-0.2, 0) is 22.6 Å². The van der Waals surface area contributed by atoms with Crippen molar-refractivity contribution in [2.75, 3.05) is 24.6 Å². The van der Waals surface area contributed by atoms with E-state index in [1.807, 2.05) is 42.2 Å². The molecular weight excluding hydrogens is 398 g/mol. The number of aromatic nitrogens is 1. The fourth-order valence-electron chi connectivity index (χ4n) is 4.26. The van der Waals surface area contributed by atoms with Crippen LogP contribution in [0, 0.1) is 5.92 Å². The van der Waals surface area contributed by atoms with Gasteiger partial charge in [0.05, 0.1) is 22.7 Å². The van der Waals surface area contributed by atoms with Crippen LogP contribution in [0.25, 0.3) is 10.2 Å². The number of anilines is 1. The molecule has 0 N–H and O–H groups in total. The van der Waals surface area contributed by atoms with Crippen LogP contribution in [0.5, 0.6) is 5.75 Å². The first-order valence-corrected chi connectivity index (χ1v) is 11.1. The molecule has 1 aromatic heterocycles. The number of rotatable bonds is 4. The summed E-state index contributed by atoms with van der Waals surface area (Å²) in [5, 5.41) is 0.655. The zero-order valence-electron chi connectivity index (χ0n) is 16.8. The van der Waals surface area contributed by atoms with Gasteiger partial charge >= 0.3 is 0 Å². The van der Waals surface area contributed by atoms with Crippen molar-refractivity contribution < 1.29 is 14.3 Å². The fraction of sp³-hybridized carbons (Fsp3) is 0.348. The molecule has 1 fully saturated rings. The predicted octanol–water partition coefficient (Wildman–Crippen LogP) is 3.63. The molecule has 1 unspecified atom stereocenters. The van der Waals surface area contributed by atoms with E-state index in [1.54, 1.807) is 4.90 Å². The van der Waals surface area contributed by atoms with Crippen molar-refractivity contribution in [2.45, 2.75) is 26.3 Å². The van der Waals surface area contributed by atoms with Gasteiger partial charge in [-0.15, -0.1) is 0 Å². The summed E-state index contributed by atoms with van der Waals surface area (Å²) < 4.78 is 6.54. The molecule has 2 aliphatic heterocycles. The number of hydrogen-bond acceptors (Lipinski definition) is 5. The van der Waals surface area contributed by atoms with E-state index in [1.165, 1.54) is 22.5 Å². The number of amides is 2. The van der Waals surface area contributed by atoms with Crippen LogP contribution in [0.4, 0.5) is 5.13 Å². The van der Waals surface area contributed by atoms with E-state index >= 15 is 0 Å². The van der Waals surface area contributed by atoms with Crippen molar-refractivity contribution in [1.82, 2.24) is 9.88 Å². The number of fused-ring (bicyclic) bond motifs is 2. The van der Waals surface area contributed by atoms with E-state index < -0.39 is 0 Å². The lowest BCUT2D eigenvalue weighted by Gasteiger charge is -2.30. The first-order chi connectivity index (χ1) is 14.6. The molecule has 0 radical (unpaired) electrons. The van der Waals surface area contributed by atoms with Crippen LogP contribution in [0.1, 0.15) is 24.5 Å². The van der Waals surface area contributed by atoms with Crippen LogP contribution in [0.15, 0.2) is 42.5 Å². The average molecular weight is 422 g/mol. The zero-order valence-corrected chi connectivity index (χ0v) is 17.7. The van der Waals surface area contributed by atoms with Gasteiger partial charge in [-0.25, -0.2) is 4.98 Å². The summed E-state index contributed by atoms with van der Waals surface area (Å²) in [5.41, 5.74) is 3.36. The second kappa shape index (κ2) is 7.72. The highest BCUT2D eigenvalue weighted by atomic mass is 32.1. The van der Waals surface area contributed by atoms with Crippen molar-refractivity contribution in [2.24, 2.45) is 5.92 Å². The lowest BCUT2D eigenvalue weighted by atomic mass is 9.98. The highest BCUT2D eigenvalue weighted by Crippen LogP contribution is 2.35. The Hall–Kier alpha value is -2.93. The quantitative estimate of drug-likeness (QED) is 0.645. The van der Waals surface area contributed by atoms with Crippen LogP contribution in [0.3, 0.4) is 0 Å². The summed E-state index contributed by atoms with van der Waals surface area (Å²) >= 11 is 1.47. The molecule has 2 aromatic carbocycles. The molecule has 0 aliphatic carbocycles. The summed E-state index contributed by atoms with van der Waals surface area (Å²) in [4.78, 5) is 34.0. The fourth-order valence-corrected chi connectivity index (χ4v) is 5.29. The van der Waals surface area contributed by atoms with Gasteiger partial charge in [-0.1, -0.05) is 35.6 Å². The molecule has 7 heteroatoms. The molecule has 1 atom stereocenters. The third kappa shape index (κ3) is 3.43. The van der Waals surface area contributed by atoms with Crippen molar-refractivity contribution in [3.63, 3.8) is 0 Å². The molecule has 2 amide bonds. The van der Waals surface area contributed by atoms with Crippen molar-refractivity contribution in [3.8, 4) is 5.75 Å². The molecule has 6 nitrogen and oxygen atoms in total. The normalized spacial score (nSPS) is 18.7. The van der Waals surface area contributed by atoms with Crippen LogP contribution in [0.2, 0.25) is 0 Å². The second-order valence-corrected chi connectivity index (χ2v) is 8.75. The predicted molar refractivity (Wildman–Crippen MR) is 117 cm³/mol. The molecule has 0 spiro atoms. The van der Waals surface area contributed by atoms with Crippen molar-refractivity contribution >= 4 is 38.5 Å². The number of carbonyl (C=O) groups excluding carboxylic acids is 2. The Morgan fingerprint density at radius 3 is 2.90 bits per heavy atom. The molecule has 2 aliphatic rings. The Balaban J connectivity index is 1.32. The molecular formula is C23H23N3O3S. The van der Waals surface area contributed by atoms with Crippen LogP contribution < -0.4 is 9.64 Å². The molecule has 30 heavy (non-hydrogen) atoms. The molecule has 0 bridgehead atoms. The smallest absolute Gasteiger partial charge is 0.229 e. The van der Waals surface area contributed by atoms with Crippen molar-refractivity contribution in [1.29, 1.82) is 0 Å². The summed E-state index contributed by atoms with van der Waals surface area (Å²) in [7, 11) is 0. The van der Waals surface area contributed by atoms with Gasteiger partial charge in [-0.3, -0.25) is 14.5 Å². The monoisotopic (exact) mass is 421 g/mol. The topological polar surface area (TPSA) is 62.7 Å². The summed E-state index contributed by atoms with van der Waals surface area (Å²) in [5.74, 6) is 0.523. The number of nitrogens with zero attached hydrogens (tertiary/aromatic N) is 3. The number of carbonyl (C=O) groups is 2. The zero-order chi connectivity index (χ0) is 20.7. The lowest BCUT2D eigenvalue weighted by molar-refractivity contribution is -0.136. The minimum Gasteiger partial charge on any atom is -0.494 e. The average Bonchev–Trinajstić information content (AvgIpc) is 3.36. The number of ether oxygens (including phenoxy) is 1. The van der Waals surface area contributed by atoms with Gasteiger partial charge < -0.3 is 9.64 Å². The first-order valence-electron chi connectivity index (χ1n) is 10.3. The van der Waals surface area contributed by atoms with E-state index in [-0.39, 0.29) is 24.2 Å². The standard InChI is InChI=1S/C23H23N3O3S/c1-2-29-18-7-8-19-20(12-18)30-23(24-19)26-14-17(11-21(26)27)22(28)25-10-9-15-5-3-4-6-16(15)13-25/h3-8,12,17H,2,9-11,13-14H2,1H3. The Morgan fingerprint density at radius 1 is 1.23 bits per heavy atom. The minimum absolute atomic E-state index is 0.0325. The molecule has 0 saturated carbocycles. The first kappa shape index (κ1) is 19.1. The Morgan fingerprint density at radius 2 is 2.07 bits per heavy atom. The van der Waals surface area contributed by atoms with Crippen molar-refractivity contribution in [3.05, 3.63) is 53.6 Å². The van der Waals surface area contributed by atoms with Gasteiger partial charge in [-0.2, -0.15) is 0 Å². The Bertz CT molecular complexity index is 1130. The van der Waals surface area contributed by atoms with Gasteiger partial charge in [0.15, 0.2) is 5.13 Å². The van der Waals surface area contributed by atoms with E-state index in [9.17, 15) is 9.59 Å². The van der Waals surface area contributed by atoms with E-state index in [4.69, 9.17) is 4.74 Å². The number of thiazole rings is 1. The summed E-state index contributed by atoms with van der Waals surface area (Å²) in [6.07, 6.45) is 1.11. The maximum Gasteiger partial charge on any atom is 0.229 e. The van der Waals surface area contributed by atoms with E-state index in [2.05, 4.69) is 17.1 Å². The Kier molecular flexibility index (Phi) is 4.90. The van der Waals surface area contributed by atoms with Gasteiger partial charge in [-0.05, 0) is 42.7 Å². The maximum absolute atomic E-state index is 13.1. The third-order valence-electron chi connectivity index (χ3n) is 5.81. The Labute approximate surface area is 179 Å². The third-order valence-corrected chi connectivity index (χ3v) is 6.85. The van der Waals surface area contributed by atoms with E-state index in [0.29, 0.717) is 31.4 Å². The molecule has 3 aromatic rings. The van der Waals surface area contributed by atoms with E-state index in [0.717, 1.165) is 22.4 Å². The second-order valence-electron chi connectivity index (χ2n) is 7.74. The summed E-state index contributed by atoms with van der Waals surface area (Å²) in [6, 6.07) is 14.0. The molecule has 3 heterocycles. The van der Waals surface area contributed by atoms with Crippen LogP contribution in [-0.4, -0.2) is 41.4 Å². The molecule has 154 valence electrons. The highest BCUT2D eigenvalue weighted by Gasteiger charge is 2.39. The molecule has 1 saturated heterocycles. The molecule has 5 rings (SSSR count).